The molecule has 102 valence electrons. The topological polar surface area (TPSA) is 0 Å². The van der Waals surface area contributed by atoms with Gasteiger partial charge in [0, 0.05) is 0 Å². The van der Waals surface area contributed by atoms with Crippen molar-refractivity contribution in [3.05, 3.63) is 61.7 Å². The van der Waals surface area contributed by atoms with Gasteiger partial charge < -0.3 is 0 Å². The molecule has 3 aromatic heterocycles. The van der Waals surface area contributed by atoms with E-state index in [2.05, 4.69) is 93.1 Å². The lowest BCUT2D eigenvalue weighted by Gasteiger charge is -1.79. The number of halogens is 2. The molecule has 0 atom stereocenters. The van der Waals surface area contributed by atoms with Gasteiger partial charge in [0.2, 0.25) is 0 Å². The van der Waals surface area contributed by atoms with Crippen molar-refractivity contribution in [2.24, 2.45) is 0 Å². The Kier molecular flexibility index (Phi) is 5.41. The Bertz CT molecular complexity index is 818. The van der Waals surface area contributed by atoms with Gasteiger partial charge in [0.15, 0.2) is 0 Å². The zero-order valence-electron chi connectivity index (χ0n) is 10.4. The highest BCUT2D eigenvalue weighted by Crippen LogP contribution is 2.19. The number of hydrogen-bond acceptors (Lipinski definition) is 3. The summed E-state index contributed by atoms with van der Waals surface area (Å²) in [5, 5.41) is 0. The average Bonchev–Trinajstić information content (AvgIpc) is 3.16. The molecule has 0 aromatic carbocycles. The third-order valence-electron chi connectivity index (χ3n) is 2.37. The van der Waals surface area contributed by atoms with Crippen LogP contribution in [-0.4, -0.2) is 0 Å². The molecule has 3 rings (SSSR count). The highest BCUT2D eigenvalue weighted by molar-refractivity contribution is 14.1. The lowest BCUT2D eigenvalue weighted by molar-refractivity contribution is 1.86. The van der Waals surface area contributed by atoms with E-state index in [0.29, 0.717) is 0 Å². The quantitative estimate of drug-likeness (QED) is 0.243. The minimum atomic E-state index is 1.06. The highest BCUT2D eigenvalue weighted by atomic mass is 127. The highest BCUT2D eigenvalue weighted by Gasteiger charge is 1.96. The minimum Gasteiger partial charge on any atom is -0.121 e. The third-order valence-corrected chi connectivity index (χ3v) is 6.90. The van der Waals surface area contributed by atoms with E-state index in [1.807, 2.05) is 12.1 Å². The van der Waals surface area contributed by atoms with E-state index in [4.69, 9.17) is 0 Å². The average molecular weight is 548 g/mol. The van der Waals surface area contributed by atoms with Crippen LogP contribution in [0.5, 0.6) is 0 Å². The summed E-state index contributed by atoms with van der Waals surface area (Å²) < 4.78 is 2.53. The van der Waals surface area contributed by atoms with Gasteiger partial charge in [0.25, 0.3) is 0 Å². The van der Waals surface area contributed by atoms with Crippen molar-refractivity contribution in [2.75, 3.05) is 0 Å². The van der Waals surface area contributed by atoms with Crippen LogP contribution >= 0.6 is 79.2 Å². The SMILES string of the molecule is Ic1ccc(C#Cc2ccc(C#Cc3ccc(I)s3)s2)s1. The maximum absolute atomic E-state index is 3.21. The van der Waals surface area contributed by atoms with Gasteiger partial charge in [-0.2, -0.15) is 0 Å². The molecule has 0 saturated heterocycles. The standard InChI is InChI=1S/C16H6I2S3/c17-15-9-7-13(20-15)5-3-11-1-2-12(19-11)4-6-14-8-10-16(18)21-14/h1-2,7-10H. The van der Waals surface area contributed by atoms with Gasteiger partial charge in [-0.15, -0.1) is 34.0 Å². The molecule has 0 fully saturated rings. The Morgan fingerprint density at radius 2 is 0.857 bits per heavy atom. The molecular weight excluding hydrogens is 542 g/mol. The van der Waals surface area contributed by atoms with Gasteiger partial charge in [0.05, 0.1) is 25.3 Å². The van der Waals surface area contributed by atoms with Crippen LogP contribution in [0, 0.1) is 29.4 Å². The van der Waals surface area contributed by atoms with E-state index in [1.165, 1.54) is 5.77 Å². The predicted octanol–water partition coefficient (Wildman–Crippen LogP) is 5.88. The first-order chi connectivity index (χ1) is 10.2. The van der Waals surface area contributed by atoms with Crippen molar-refractivity contribution in [1.29, 1.82) is 0 Å². The first-order valence-electron chi connectivity index (χ1n) is 5.83. The molecule has 0 spiro atoms. The van der Waals surface area contributed by atoms with Crippen molar-refractivity contribution in [3.8, 4) is 23.7 Å². The molecule has 0 saturated carbocycles. The smallest absolute Gasteiger partial charge is 0.0785 e. The Hall–Kier alpha value is -0.320. The molecule has 3 aromatic rings. The van der Waals surface area contributed by atoms with Gasteiger partial charge in [-0.25, -0.2) is 0 Å². The summed E-state index contributed by atoms with van der Waals surface area (Å²) in [5.74, 6) is 12.8. The van der Waals surface area contributed by atoms with Crippen molar-refractivity contribution in [1.82, 2.24) is 0 Å². The van der Waals surface area contributed by atoms with Crippen LogP contribution in [0.2, 0.25) is 0 Å². The summed E-state index contributed by atoms with van der Waals surface area (Å²) in [7, 11) is 0. The second-order valence-corrected chi connectivity index (χ2v) is 10.9. The van der Waals surface area contributed by atoms with E-state index in [1.54, 1.807) is 34.0 Å². The number of rotatable bonds is 0. The summed E-state index contributed by atoms with van der Waals surface area (Å²) in [6.07, 6.45) is 0. The Labute approximate surface area is 162 Å². The van der Waals surface area contributed by atoms with E-state index in [9.17, 15) is 0 Å². The van der Waals surface area contributed by atoms with Crippen LogP contribution in [0.1, 0.15) is 19.5 Å². The van der Waals surface area contributed by atoms with Gasteiger partial charge >= 0.3 is 0 Å². The summed E-state index contributed by atoms with van der Waals surface area (Å²) >= 11 is 9.70. The summed E-state index contributed by atoms with van der Waals surface area (Å²) in [5.41, 5.74) is 0. The van der Waals surface area contributed by atoms with Crippen molar-refractivity contribution in [2.45, 2.75) is 0 Å². The normalized spacial score (nSPS) is 9.62. The molecule has 0 unspecified atom stereocenters. The second-order valence-electron chi connectivity index (χ2n) is 3.87. The van der Waals surface area contributed by atoms with Crippen LogP contribution < -0.4 is 0 Å². The summed E-state index contributed by atoms with van der Waals surface area (Å²) in [6, 6.07) is 12.4. The van der Waals surface area contributed by atoms with Crippen LogP contribution in [-0.2, 0) is 0 Å². The maximum Gasteiger partial charge on any atom is 0.0785 e. The molecule has 3 heterocycles. The lowest BCUT2D eigenvalue weighted by Crippen LogP contribution is -1.63. The summed E-state index contributed by atoms with van der Waals surface area (Å²) in [4.78, 5) is 4.33. The van der Waals surface area contributed by atoms with Crippen LogP contribution in [0.15, 0.2) is 36.4 Å². The fourth-order valence-electron chi connectivity index (χ4n) is 1.48. The first kappa shape index (κ1) is 15.6. The molecule has 0 bridgehead atoms. The van der Waals surface area contributed by atoms with Gasteiger partial charge in [-0.05, 0) is 105 Å². The number of thiophene rings is 3. The molecular formula is C16H6I2S3. The van der Waals surface area contributed by atoms with E-state index in [-0.39, 0.29) is 0 Å². The molecule has 0 aliphatic heterocycles. The molecule has 0 N–H and O–H groups in total. The Morgan fingerprint density at radius 1 is 0.524 bits per heavy atom. The van der Waals surface area contributed by atoms with Crippen molar-refractivity contribution in [3.63, 3.8) is 0 Å². The fraction of sp³-hybridized carbons (Fsp3) is 0. The zero-order valence-corrected chi connectivity index (χ0v) is 17.2. The number of hydrogen-bond donors (Lipinski definition) is 0. The van der Waals surface area contributed by atoms with Crippen molar-refractivity contribution >= 4 is 79.2 Å². The zero-order chi connectivity index (χ0) is 14.7. The van der Waals surface area contributed by atoms with E-state index < -0.39 is 0 Å². The molecule has 21 heavy (non-hydrogen) atoms. The largest absolute Gasteiger partial charge is 0.121 e. The molecule has 5 heteroatoms. The van der Waals surface area contributed by atoms with Gasteiger partial charge in [0.1, 0.15) is 0 Å². The third kappa shape index (κ3) is 4.57. The Morgan fingerprint density at radius 3 is 1.19 bits per heavy atom. The van der Waals surface area contributed by atoms with Crippen LogP contribution in [0.4, 0.5) is 0 Å². The van der Waals surface area contributed by atoms with E-state index >= 15 is 0 Å². The molecule has 0 aliphatic carbocycles. The predicted molar refractivity (Wildman–Crippen MR) is 110 cm³/mol. The van der Waals surface area contributed by atoms with Crippen LogP contribution in [0.3, 0.4) is 0 Å². The van der Waals surface area contributed by atoms with Crippen molar-refractivity contribution < 1.29 is 0 Å². The molecule has 0 aliphatic rings. The monoisotopic (exact) mass is 548 g/mol. The molecule has 0 nitrogen and oxygen atoms in total. The lowest BCUT2D eigenvalue weighted by atomic mass is 10.4. The fourth-order valence-corrected chi connectivity index (χ4v) is 5.15. The van der Waals surface area contributed by atoms with Gasteiger partial charge in [-0.1, -0.05) is 0 Å². The van der Waals surface area contributed by atoms with E-state index in [0.717, 1.165) is 19.5 Å². The minimum absolute atomic E-state index is 1.06. The Balaban J connectivity index is 1.75. The molecule has 0 radical (unpaired) electrons. The molecule has 0 amide bonds. The van der Waals surface area contributed by atoms with Crippen LogP contribution in [0.25, 0.3) is 0 Å². The van der Waals surface area contributed by atoms with Gasteiger partial charge in [-0.3, -0.25) is 0 Å². The maximum atomic E-state index is 3.21. The first-order valence-corrected chi connectivity index (χ1v) is 10.4. The summed E-state index contributed by atoms with van der Waals surface area (Å²) in [6.45, 7) is 0. The second kappa shape index (κ2) is 7.30.